The number of aromatic nitrogens is 4. The predicted octanol–water partition coefficient (Wildman–Crippen LogP) is 5.67. The van der Waals surface area contributed by atoms with E-state index < -0.39 is 0 Å². The van der Waals surface area contributed by atoms with Gasteiger partial charge in [0.1, 0.15) is 11.6 Å². The van der Waals surface area contributed by atoms with Gasteiger partial charge < -0.3 is 9.80 Å². The number of carbonyl (C=O) groups is 1. The van der Waals surface area contributed by atoms with Crippen molar-refractivity contribution in [1.82, 2.24) is 24.6 Å². The second kappa shape index (κ2) is 10.4. The van der Waals surface area contributed by atoms with Crippen LogP contribution >= 0.6 is 23.2 Å². The van der Waals surface area contributed by atoms with Crippen molar-refractivity contribution in [3.63, 3.8) is 0 Å². The lowest BCUT2D eigenvalue weighted by Gasteiger charge is -2.35. The number of amides is 1. The van der Waals surface area contributed by atoms with Crippen molar-refractivity contribution in [2.75, 3.05) is 31.1 Å². The minimum absolute atomic E-state index is 0.0190. The van der Waals surface area contributed by atoms with Crippen LogP contribution in [0.25, 0.3) is 16.7 Å². The summed E-state index contributed by atoms with van der Waals surface area (Å²) in [7, 11) is 0. The molecule has 0 N–H and O–H groups in total. The summed E-state index contributed by atoms with van der Waals surface area (Å²) in [6, 6.07) is 14.6. The molecule has 3 heterocycles. The number of fused-ring (bicyclic) bond motifs is 1. The third-order valence-corrected chi connectivity index (χ3v) is 6.90. The van der Waals surface area contributed by atoms with Crippen molar-refractivity contribution in [1.29, 1.82) is 0 Å². The molecule has 186 valence electrons. The molecule has 4 aromatic rings. The molecule has 0 unspecified atom stereocenters. The number of aryl methyl sites for hydroxylation is 1. The molecule has 1 aliphatic heterocycles. The standard InChI is InChI=1S/C27H28Cl2N6O/c1-18(2)6-11-24-31-25(23-17-30-35(26(23)32-24)22-5-3-4-21(29)16-22)33-12-14-34(15-13-33)27(36)19-7-9-20(28)10-8-19/h3-5,7-10,16-18H,6,11-15H2,1-2H3. The monoisotopic (exact) mass is 522 g/mol. The van der Waals surface area contributed by atoms with Crippen LogP contribution in [0.4, 0.5) is 5.82 Å². The topological polar surface area (TPSA) is 67.2 Å². The van der Waals surface area contributed by atoms with Gasteiger partial charge in [0, 0.05) is 48.2 Å². The molecule has 1 fully saturated rings. The largest absolute Gasteiger partial charge is 0.352 e. The van der Waals surface area contributed by atoms with Crippen LogP contribution < -0.4 is 4.90 Å². The lowest BCUT2D eigenvalue weighted by Crippen LogP contribution is -2.49. The summed E-state index contributed by atoms with van der Waals surface area (Å²) in [6.45, 7) is 6.97. The molecule has 1 amide bonds. The van der Waals surface area contributed by atoms with Crippen LogP contribution in [0.2, 0.25) is 10.0 Å². The minimum Gasteiger partial charge on any atom is -0.352 e. The molecule has 2 aromatic carbocycles. The Morgan fingerprint density at radius 1 is 0.972 bits per heavy atom. The van der Waals surface area contributed by atoms with Crippen molar-refractivity contribution < 1.29 is 4.79 Å². The second-order valence-corrected chi connectivity index (χ2v) is 10.3. The first-order valence-electron chi connectivity index (χ1n) is 12.2. The number of halogens is 2. The number of rotatable bonds is 6. The van der Waals surface area contributed by atoms with E-state index in [2.05, 4.69) is 23.8 Å². The molecule has 0 aliphatic carbocycles. The van der Waals surface area contributed by atoms with E-state index in [4.69, 9.17) is 33.2 Å². The SMILES string of the molecule is CC(C)CCc1nc(N2CCN(C(=O)c3ccc(Cl)cc3)CC2)c2cnn(-c3cccc(Cl)c3)c2n1. The zero-order valence-electron chi connectivity index (χ0n) is 20.4. The van der Waals surface area contributed by atoms with E-state index in [0.717, 1.165) is 41.2 Å². The van der Waals surface area contributed by atoms with Gasteiger partial charge in [-0.25, -0.2) is 14.6 Å². The highest BCUT2D eigenvalue weighted by Gasteiger charge is 2.26. The van der Waals surface area contributed by atoms with Crippen LogP contribution in [0.1, 0.15) is 36.5 Å². The van der Waals surface area contributed by atoms with Crippen LogP contribution in [-0.2, 0) is 6.42 Å². The van der Waals surface area contributed by atoms with E-state index >= 15 is 0 Å². The number of hydrogen-bond acceptors (Lipinski definition) is 5. The fourth-order valence-corrected chi connectivity index (χ4v) is 4.71. The van der Waals surface area contributed by atoms with Gasteiger partial charge in [0.2, 0.25) is 0 Å². The molecule has 1 aliphatic rings. The summed E-state index contributed by atoms with van der Waals surface area (Å²) < 4.78 is 1.82. The van der Waals surface area contributed by atoms with Crippen LogP contribution in [0, 0.1) is 5.92 Å². The molecule has 7 nitrogen and oxygen atoms in total. The highest BCUT2D eigenvalue weighted by atomic mass is 35.5. The number of piperazine rings is 1. The van der Waals surface area contributed by atoms with Gasteiger partial charge in [-0.3, -0.25) is 4.79 Å². The van der Waals surface area contributed by atoms with Gasteiger partial charge in [0.25, 0.3) is 5.91 Å². The molecular weight excluding hydrogens is 495 g/mol. The van der Waals surface area contributed by atoms with Gasteiger partial charge in [-0.1, -0.05) is 43.1 Å². The summed E-state index contributed by atoms with van der Waals surface area (Å²) in [6.07, 6.45) is 3.61. The van der Waals surface area contributed by atoms with E-state index in [1.54, 1.807) is 24.3 Å². The molecule has 0 atom stereocenters. The Bertz CT molecular complexity index is 1380. The average molecular weight is 523 g/mol. The second-order valence-electron chi connectivity index (χ2n) is 9.46. The van der Waals surface area contributed by atoms with Gasteiger partial charge in [-0.2, -0.15) is 5.10 Å². The smallest absolute Gasteiger partial charge is 0.253 e. The van der Waals surface area contributed by atoms with Crippen LogP contribution in [0.15, 0.2) is 54.7 Å². The maximum absolute atomic E-state index is 13.0. The number of nitrogens with zero attached hydrogens (tertiary/aromatic N) is 6. The van der Waals surface area contributed by atoms with E-state index in [1.807, 2.05) is 40.0 Å². The third kappa shape index (κ3) is 5.18. The summed E-state index contributed by atoms with van der Waals surface area (Å²) in [5.74, 6) is 2.24. The Hall–Kier alpha value is -3.16. The Morgan fingerprint density at radius 2 is 1.72 bits per heavy atom. The summed E-state index contributed by atoms with van der Waals surface area (Å²) in [4.78, 5) is 27.0. The fraction of sp³-hybridized carbons (Fsp3) is 0.333. The van der Waals surface area contributed by atoms with E-state index in [-0.39, 0.29) is 5.91 Å². The van der Waals surface area contributed by atoms with Gasteiger partial charge in [-0.15, -0.1) is 0 Å². The third-order valence-electron chi connectivity index (χ3n) is 6.41. The van der Waals surface area contributed by atoms with Gasteiger partial charge in [-0.05, 0) is 54.8 Å². The van der Waals surface area contributed by atoms with E-state index in [0.29, 0.717) is 47.7 Å². The summed E-state index contributed by atoms with van der Waals surface area (Å²) in [5.41, 5.74) is 2.27. The lowest BCUT2D eigenvalue weighted by atomic mass is 10.1. The number of carbonyl (C=O) groups excluding carboxylic acids is 1. The Kier molecular flexibility index (Phi) is 7.12. The van der Waals surface area contributed by atoms with E-state index in [9.17, 15) is 4.79 Å². The summed E-state index contributed by atoms with van der Waals surface area (Å²) in [5, 5.41) is 6.80. The van der Waals surface area contributed by atoms with Crippen molar-refractivity contribution in [3.05, 3.63) is 76.2 Å². The predicted molar refractivity (Wildman–Crippen MR) is 144 cm³/mol. The first kappa shape index (κ1) is 24.5. The molecule has 1 saturated heterocycles. The maximum Gasteiger partial charge on any atom is 0.253 e. The molecule has 2 aromatic heterocycles. The Labute approximate surface area is 220 Å². The maximum atomic E-state index is 13.0. The normalized spacial score (nSPS) is 14.1. The van der Waals surface area contributed by atoms with Crippen LogP contribution in [-0.4, -0.2) is 56.7 Å². The molecule has 0 spiro atoms. The van der Waals surface area contributed by atoms with Crippen molar-refractivity contribution in [2.24, 2.45) is 5.92 Å². The number of benzene rings is 2. The zero-order valence-corrected chi connectivity index (χ0v) is 21.9. The molecule has 0 bridgehead atoms. The van der Waals surface area contributed by atoms with Crippen molar-refractivity contribution >= 4 is 46.0 Å². The van der Waals surface area contributed by atoms with Crippen molar-refractivity contribution in [2.45, 2.75) is 26.7 Å². The van der Waals surface area contributed by atoms with Crippen molar-refractivity contribution in [3.8, 4) is 5.69 Å². The quantitative estimate of drug-likeness (QED) is 0.326. The van der Waals surface area contributed by atoms with Crippen LogP contribution in [0.5, 0.6) is 0 Å². The highest BCUT2D eigenvalue weighted by molar-refractivity contribution is 6.31. The molecule has 5 rings (SSSR count). The molecule has 0 radical (unpaired) electrons. The number of hydrogen-bond donors (Lipinski definition) is 0. The molecular formula is C27H28Cl2N6O. The first-order valence-corrected chi connectivity index (χ1v) is 12.9. The highest BCUT2D eigenvalue weighted by Crippen LogP contribution is 2.28. The first-order chi connectivity index (χ1) is 17.4. The molecule has 36 heavy (non-hydrogen) atoms. The molecule has 9 heteroatoms. The minimum atomic E-state index is 0.0190. The zero-order chi connectivity index (χ0) is 25.2. The fourth-order valence-electron chi connectivity index (χ4n) is 4.40. The van der Waals surface area contributed by atoms with Gasteiger partial charge in [0.15, 0.2) is 5.65 Å². The van der Waals surface area contributed by atoms with E-state index in [1.165, 1.54) is 0 Å². The number of anilines is 1. The van der Waals surface area contributed by atoms with Gasteiger partial charge in [0.05, 0.1) is 17.3 Å². The Balaban J connectivity index is 1.44. The molecule has 0 saturated carbocycles. The lowest BCUT2D eigenvalue weighted by molar-refractivity contribution is 0.0746. The summed E-state index contributed by atoms with van der Waals surface area (Å²) >= 11 is 12.2. The van der Waals surface area contributed by atoms with Crippen LogP contribution in [0.3, 0.4) is 0 Å². The average Bonchev–Trinajstić information content (AvgIpc) is 3.31. The van der Waals surface area contributed by atoms with Gasteiger partial charge >= 0.3 is 0 Å². The Morgan fingerprint density at radius 3 is 2.42 bits per heavy atom.